The molecule has 0 saturated carbocycles. The van der Waals surface area contributed by atoms with E-state index in [-0.39, 0.29) is 0 Å². The van der Waals surface area contributed by atoms with Crippen LogP contribution in [0.1, 0.15) is 59.7 Å². The molecular formula is C26H30N6O2. The van der Waals surface area contributed by atoms with Crippen LogP contribution in [0.4, 0.5) is 0 Å². The fourth-order valence-corrected chi connectivity index (χ4v) is 4.91. The van der Waals surface area contributed by atoms with E-state index >= 15 is 0 Å². The standard InChI is InChI=1S/C26H30N6O2/c1-12(2)25-17(14(4)32(7)30-25)9-21-24-18-11-22(33-8)19(23-13(3)31-34-15(23)5)10-20(18)29-26(24)28-16(6)27-21/h10-12H,9H2,1-8H3,(H,27,28,29). The number of hydrogen-bond donors (Lipinski definition) is 1. The van der Waals surface area contributed by atoms with Crippen LogP contribution in [0.2, 0.25) is 0 Å². The van der Waals surface area contributed by atoms with Crippen molar-refractivity contribution in [3.63, 3.8) is 0 Å². The zero-order chi connectivity index (χ0) is 24.3. The van der Waals surface area contributed by atoms with Crippen LogP contribution in [0.15, 0.2) is 16.7 Å². The first-order valence-corrected chi connectivity index (χ1v) is 11.5. The summed E-state index contributed by atoms with van der Waals surface area (Å²) in [6.45, 7) is 12.3. The highest BCUT2D eigenvalue weighted by Crippen LogP contribution is 2.40. The van der Waals surface area contributed by atoms with Crippen LogP contribution in [-0.4, -0.2) is 37.0 Å². The normalized spacial score (nSPS) is 11.9. The number of H-pyrrole nitrogens is 1. The fourth-order valence-electron chi connectivity index (χ4n) is 4.91. The fraction of sp³-hybridized carbons (Fsp3) is 0.385. The minimum absolute atomic E-state index is 0.328. The summed E-state index contributed by atoms with van der Waals surface area (Å²) < 4.78 is 13.2. The number of methoxy groups -OCH3 is 1. The largest absolute Gasteiger partial charge is 0.496 e. The molecule has 1 aromatic carbocycles. The molecule has 8 nitrogen and oxygen atoms in total. The Morgan fingerprint density at radius 3 is 2.53 bits per heavy atom. The third kappa shape index (κ3) is 3.36. The molecule has 0 fully saturated rings. The Morgan fingerprint density at radius 1 is 1.12 bits per heavy atom. The van der Waals surface area contributed by atoms with Gasteiger partial charge in [-0.25, -0.2) is 9.97 Å². The van der Waals surface area contributed by atoms with E-state index in [1.54, 1.807) is 7.11 Å². The zero-order valence-corrected chi connectivity index (χ0v) is 21.0. The monoisotopic (exact) mass is 458 g/mol. The summed E-state index contributed by atoms with van der Waals surface area (Å²) in [5.41, 5.74) is 9.00. The van der Waals surface area contributed by atoms with Crippen LogP contribution < -0.4 is 4.74 Å². The van der Waals surface area contributed by atoms with E-state index in [0.29, 0.717) is 12.3 Å². The molecule has 0 bridgehead atoms. The van der Waals surface area contributed by atoms with E-state index in [0.717, 1.165) is 73.2 Å². The first-order valence-electron chi connectivity index (χ1n) is 11.5. The highest BCUT2D eigenvalue weighted by atomic mass is 16.5. The topological polar surface area (TPSA) is 94.7 Å². The van der Waals surface area contributed by atoms with Crippen molar-refractivity contribution in [1.82, 2.24) is 29.9 Å². The third-order valence-electron chi connectivity index (χ3n) is 6.64. The maximum atomic E-state index is 5.82. The average molecular weight is 459 g/mol. The molecule has 0 spiro atoms. The van der Waals surface area contributed by atoms with Crippen molar-refractivity contribution in [3.05, 3.63) is 52.1 Å². The zero-order valence-electron chi connectivity index (χ0n) is 21.0. The Kier molecular flexibility index (Phi) is 5.19. The second kappa shape index (κ2) is 7.97. The summed E-state index contributed by atoms with van der Waals surface area (Å²) in [6.07, 6.45) is 0.688. The molecule has 0 saturated heterocycles. The van der Waals surface area contributed by atoms with Gasteiger partial charge in [0.2, 0.25) is 0 Å². The smallest absolute Gasteiger partial charge is 0.142 e. The van der Waals surface area contributed by atoms with Gasteiger partial charge in [0.15, 0.2) is 0 Å². The second-order valence-corrected chi connectivity index (χ2v) is 9.27. The molecule has 0 aliphatic carbocycles. The lowest BCUT2D eigenvalue weighted by molar-refractivity contribution is 0.393. The van der Waals surface area contributed by atoms with Crippen molar-refractivity contribution < 1.29 is 9.26 Å². The molecule has 4 aromatic heterocycles. The number of ether oxygens (including phenoxy) is 1. The van der Waals surface area contributed by atoms with E-state index in [1.165, 1.54) is 5.56 Å². The van der Waals surface area contributed by atoms with Crippen LogP contribution in [0.25, 0.3) is 33.1 Å². The molecule has 5 rings (SSSR count). The molecule has 1 N–H and O–H groups in total. The number of benzene rings is 1. The van der Waals surface area contributed by atoms with E-state index in [2.05, 4.69) is 43.0 Å². The van der Waals surface area contributed by atoms with Crippen LogP contribution in [0.3, 0.4) is 0 Å². The minimum Gasteiger partial charge on any atom is -0.496 e. The molecule has 176 valence electrons. The summed E-state index contributed by atoms with van der Waals surface area (Å²) >= 11 is 0. The second-order valence-electron chi connectivity index (χ2n) is 9.27. The predicted octanol–water partition coefficient (Wildman–Crippen LogP) is 5.46. The van der Waals surface area contributed by atoms with Gasteiger partial charge in [0.1, 0.15) is 23.0 Å². The van der Waals surface area contributed by atoms with Crippen LogP contribution in [-0.2, 0) is 13.5 Å². The Balaban J connectivity index is 1.76. The molecule has 0 atom stereocenters. The van der Waals surface area contributed by atoms with Crippen molar-refractivity contribution in [3.8, 4) is 16.9 Å². The number of aryl methyl sites for hydroxylation is 4. The van der Waals surface area contributed by atoms with Gasteiger partial charge in [0.25, 0.3) is 0 Å². The first-order chi connectivity index (χ1) is 16.2. The van der Waals surface area contributed by atoms with Gasteiger partial charge < -0.3 is 14.2 Å². The van der Waals surface area contributed by atoms with Gasteiger partial charge in [-0.15, -0.1) is 0 Å². The number of rotatable bonds is 5. The van der Waals surface area contributed by atoms with Gasteiger partial charge in [-0.3, -0.25) is 4.68 Å². The van der Waals surface area contributed by atoms with Gasteiger partial charge in [-0.2, -0.15) is 5.10 Å². The highest BCUT2D eigenvalue weighted by molar-refractivity contribution is 6.09. The van der Waals surface area contributed by atoms with E-state index < -0.39 is 0 Å². The SMILES string of the molecule is COc1cc2c(cc1-c1c(C)noc1C)[nH]c1nc(C)nc(Cc3c(C(C)C)nn(C)c3C)c12. The van der Waals surface area contributed by atoms with Crippen molar-refractivity contribution >= 4 is 21.9 Å². The Hall–Kier alpha value is -3.68. The lowest BCUT2D eigenvalue weighted by Crippen LogP contribution is -2.02. The highest BCUT2D eigenvalue weighted by Gasteiger charge is 2.22. The van der Waals surface area contributed by atoms with Crippen molar-refractivity contribution in [2.75, 3.05) is 7.11 Å². The number of nitrogens with zero attached hydrogens (tertiary/aromatic N) is 5. The van der Waals surface area contributed by atoms with Gasteiger partial charge in [-0.05, 0) is 45.7 Å². The van der Waals surface area contributed by atoms with E-state index in [1.807, 2.05) is 32.5 Å². The van der Waals surface area contributed by atoms with Gasteiger partial charge >= 0.3 is 0 Å². The van der Waals surface area contributed by atoms with Crippen molar-refractivity contribution in [2.24, 2.45) is 7.05 Å². The first kappa shape index (κ1) is 22.1. The van der Waals surface area contributed by atoms with E-state index in [9.17, 15) is 0 Å². The lowest BCUT2D eigenvalue weighted by atomic mass is 9.97. The molecule has 0 radical (unpaired) electrons. The lowest BCUT2D eigenvalue weighted by Gasteiger charge is -2.10. The molecule has 0 aliphatic heterocycles. The summed E-state index contributed by atoms with van der Waals surface area (Å²) in [5.74, 6) is 2.58. The third-order valence-corrected chi connectivity index (χ3v) is 6.64. The summed E-state index contributed by atoms with van der Waals surface area (Å²) in [5, 5.41) is 10.9. The molecule has 34 heavy (non-hydrogen) atoms. The molecule has 0 unspecified atom stereocenters. The van der Waals surface area contributed by atoms with Crippen molar-refractivity contribution in [2.45, 2.75) is 53.9 Å². The molecule has 5 aromatic rings. The van der Waals surface area contributed by atoms with Crippen LogP contribution in [0, 0.1) is 27.7 Å². The van der Waals surface area contributed by atoms with E-state index in [4.69, 9.17) is 24.3 Å². The number of fused-ring (bicyclic) bond motifs is 3. The molecule has 4 heterocycles. The minimum atomic E-state index is 0.328. The predicted molar refractivity (Wildman–Crippen MR) is 132 cm³/mol. The Labute approximate surface area is 198 Å². The van der Waals surface area contributed by atoms with Crippen molar-refractivity contribution in [1.29, 1.82) is 0 Å². The summed E-state index contributed by atoms with van der Waals surface area (Å²) in [6, 6.07) is 4.16. The van der Waals surface area contributed by atoms with Crippen LogP contribution in [0.5, 0.6) is 5.75 Å². The summed E-state index contributed by atoms with van der Waals surface area (Å²) in [7, 11) is 3.69. The molecule has 8 heteroatoms. The van der Waals surface area contributed by atoms with Gasteiger partial charge in [0, 0.05) is 46.6 Å². The Morgan fingerprint density at radius 2 is 1.88 bits per heavy atom. The number of aromatic amines is 1. The molecular weight excluding hydrogens is 428 g/mol. The number of aromatic nitrogens is 6. The quantitative estimate of drug-likeness (QED) is 0.376. The van der Waals surface area contributed by atoms with Crippen LogP contribution >= 0.6 is 0 Å². The van der Waals surface area contributed by atoms with Gasteiger partial charge in [-0.1, -0.05) is 19.0 Å². The Bertz CT molecular complexity index is 1530. The number of nitrogens with one attached hydrogen (secondary N) is 1. The maximum Gasteiger partial charge on any atom is 0.142 e. The molecule has 0 amide bonds. The number of hydrogen-bond acceptors (Lipinski definition) is 6. The average Bonchev–Trinajstić information content (AvgIpc) is 3.40. The molecule has 0 aliphatic rings. The summed E-state index contributed by atoms with van der Waals surface area (Å²) in [4.78, 5) is 13.1. The maximum absolute atomic E-state index is 5.82. The van der Waals surface area contributed by atoms with Gasteiger partial charge in [0.05, 0.1) is 29.8 Å².